The van der Waals surface area contributed by atoms with Gasteiger partial charge in [0.1, 0.15) is 11.6 Å². The maximum absolute atomic E-state index is 13.9. The van der Waals surface area contributed by atoms with Crippen molar-refractivity contribution in [3.05, 3.63) is 71.6 Å². The van der Waals surface area contributed by atoms with Crippen LogP contribution in [0.5, 0.6) is 0 Å². The molecule has 1 fully saturated rings. The van der Waals surface area contributed by atoms with Gasteiger partial charge in [0.05, 0.1) is 5.56 Å². The van der Waals surface area contributed by atoms with E-state index in [1.807, 2.05) is 0 Å². The van der Waals surface area contributed by atoms with E-state index in [0.717, 1.165) is 0 Å². The van der Waals surface area contributed by atoms with Crippen LogP contribution in [0.25, 0.3) is 11.5 Å². The highest BCUT2D eigenvalue weighted by atomic mass is 19.1. The van der Waals surface area contributed by atoms with Gasteiger partial charge in [-0.05, 0) is 49.2 Å². The largest absolute Gasteiger partial charge is 0.420 e. The van der Waals surface area contributed by atoms with E-state index < -0.39 is 5.82 Å². The van der Waals surface area contributed by atoms with Crippen molar-refractivity contribution >= 4 is 5.91 Å². The Kier molecular flexibility index (Phi) is 4.66. The predicted octanol–water partition coefficient (Wildman–Crippen LogP) is 4.03. The molecule has 27 heavy (non-hydrogen) atoms. The van der Waals surface area contributed by atoms with E-state index in [9.17, 15) is 13.6 Å². The molecule has 3 aromatic rings. The third kappa shape index (κ3) is 3.58. The van der Waals surface area contributed by atoms with Crippen LogP contribution in [0.15, 0.2) is 52.9 Å². The Labute approximate surface area is 154 Å². The molecule has 0 unspecified atom stereocenters. The van der Waals surface area contributed by atoms with Gasteiger partial charge in [-0.2, -0.15) is 0 Å². The van der Waals surface area contributed by atoms with Crippen LogP contribution in [0, 0.1) is 11.6 Å². The fraction of sp³-hybridized carbons (Fsp3) is 0.250. The number of piperidine rings is 1. The second-order valence-corrected chi connectivity index (χ2v) is 6.50. The first-order valence-corrected chi connectivity index (χ1v) is 8.75. The summed E-state index contributed by atoms with van der Waals surface area (Å²) in [5.74, 6) is -0.254. The molecule has 0 N–H and O–H groups in total. The predicted molar refractivity (Wildman–Crippen MR) is 94.0 cm³/mol. The molecule has 1 aliphatic heterocycles. The van der Waals surface area contributed by atoms with Crippen LogP contribution in [0.2, 0.25) is 0 Å². The Morgan fingerprint density at radius 3 is 2.41 bits per heavy atom. The maximum atomic E-state index is 13.9. The van der Waals surface area contributed by atoms with Gasteiger partial charge in [-0.15, -0.1) is 10.2 Å². The van der Waals surface area contributed by atoms with Gasteiger partial charge in [0.2, 0.25) is 5.89 Å². The topological polar surface area (TPSA) is 59.2 Å². The summed E-state index contributed by atoms with van der Waals surface area (Å²) in [5, 5.41) is 8.03. The van der Waals surface area contributed by atoms with Gasteiger partial charge in [-0.3, -0.25) is 4.79 Å². The number of amides is 1. The number of carbonyl (C=O) groups excluding carboxylic acids is 1. The number of carbonyl (C=O) groups is 1. The Hall–Kier alpha value is -3.09. The van der Waals surface area contributed by atoms with E-state index in [-0.39, 0.29) is 29.1 Å². The van der Waals surface area contributed by atoms with Gasteiger partial charge in [0, 0.05) is 24.6 Å². The average molecular weight is 369 g/mol. The standard InChI is InChI=1S/C20H17F2N3O2/c21-15-7-5-14(6-8-15)20(26)25-11-9-13(10-12-25)18-23-24-19(27-18)16-3-1-2-4-17(16)22/h1-8,13H,9-12H2. The highest BCUT2D eigenvalue weighted by molar-refractivity contribution is 5.94. The highest BCUT2D eigenvalue weighted by Gasteiger charge is 2.28. The Bertz CT molecular complexity index is 948. The smallest absolute Gasteiger partial charge is 0.253 e. The molecule has 0 bridgehead atoms. The van der Waals surface area contributed by atoms with Gasteiger partial charge in [-0.1, -0.05) is 12.1 Å². The van der Waals surface area contributed by atoms with Crippen molar-refractivity contribution in [2.45, 2.75) is 18.8 Å². The van der Waals surface area contributed by atoms with Crippen LogP contribution in [0.1, 0.15) is 35.0 Å². The number of nitrogens with zero attached hydrogens (tertiary/aromatic N) is 3. The number of hydrogen-bond donors (Lipinski definition) is 0. The molecule has 1 amide bonds. The Morgan fingerprint density at radius 1 is 1.00 bits per heavy atom. The lowest BCUT2D eigenvalue weighted by molar-refractivity contribution is 0.0706. The molecule has 1 saturated heterocycles. The number of benzene rings is 2. The molecule has 7 heteroatoms. The van der Waals surface area contributed by atoms with E-state index in [0.29, 0.717) is 37.4 Å². The van der Waals surface area contributed by atoms with Gasteiger partial charge >= 0.3 is 0 Å². The zero-order chi connectivity index (χ0) is 18.8. The van der Waals surface area contributed by atoms with Gasteiger partial charge in [0.15, 0.2) is 0 Å². The summed E-state index contributed by atoms with van der Waals surface area (Å²) in [4.78, 5) is 14.2. The quantitative estimate of drug-likeness (QED) is 0.699. The number of halogens is 2. The Morgan fingerprint density at radius 2 is 1.70 bits per heavy atom. The summed E-state index contributed by atoms with van der Waals surface area (Å²) in [7, 11) is 0. The molecule has 0 radical (unpaired) electrons. The first kappa shape index (κ1) is 17.3. The lowest BCUT2D eigenvalue weighted by Crippen LogP contribution is -2.38. The van der Waals surface area contributed by atoms with E-state index in [4.69, 9.17) is 4.42 Å². The third-order valence-electron chi connectivity index (χ3n) is 4.77. The molecule has 0 aliphatic carbocycles. The van der Waals surface area contributed by atoms with Gasteiger partial charge < -0.3 is 9.32 Å². The molecule has 4 rings (SSSR count). The molecule has 2 heterocycles. The zero-order valence-electron chi connectivity index (χ0n) is 14.4. The van der Waals surface area contributed by atoms with E-state index >= 15 is 0 Å². The van der Waals surface area contributed by atoms with Crippen LogP contribution >= 0.6 is 0 Å². The number of likely N-dealkylation sites (tertiary alicyclic amines) is 1. The van der Waals surface area contributed by atoms with Crippen molar-refractivity contribution in [2.24, 2.45) is 0 Å². The monoisotopic (exact) mass is 369 g/mol. The molecule has 1 aliphatic rings. The lowest BCUT2D eigenvalue weighted by atomic mass is 9.96. The second-order valence-electron chi connectivity index (χ2n) is 6.50. The molecule has 5 nitrogen and oxygen atoms in total. The average Bonchev–Trinajstić information content (AvgIpc) is 3.18. The molecular formula is C20H17F2N3O2. The lowest BCUT2D eigenvalue weighted by Gasteiger charge is -2.30. The minimum Gasteiger partial charge on any atom is -0.420 e. The first-order valence-electron chi connectivity index (χ1n) is 8.75. The van der Waals surface area contributed by atoms with Crippen molar-refractivity contribution in [1.82, 2.24) is 15.1 Å². The van der Waals surface area contributed by atoms with E-state index in [1.165, 1.54) is 30.3 Å². The van der Waals surface area contributed by atoms with Crippen LogP contribution in [-0.2, 0) is 0 Å². The molecule has 1 aromatic heterocycles. The summed E-state index contributed by atoms with van der Waals surface area (Å²) in [6.07, 6.45) is 1.34. The Balaban J connectivity index is 1.42. The normalized spacial score (nSPS) is 15.1. The van der Waals surface area contributed by atoms with E-state index in [2.05, 4.69) is 10.2 Å². The SMILES string of the molecule is O=C(c1ccc(F)cc1)N1CCC(c2nnc(-c3ccccc3F)o2)CC1. The fourth-order valence-electron chi connectivity index (χ4n) is 3.25. The minimum atomic E-state index is -0.410. The minimum absolute atomic E-state index is 0.0234. The zero-order valence-corrected chi connectivity index (χ0v) is 14.4. The van der Waals surface area contributed by atoms with Crippen molar-refractivity contribution in [2.75, 3.05) is 13.1 Å². The van der Waals surface area contributed by atoms with Crippen LogP contribution < -0.4 is 0 Å². The van der Waals surface area contributed by atoms with E-state index in [1.54, 1.807) is 23.1 Å². The number of rotatable bonds is 3. The van der Waals surface area contributed by atoms with Gasteiger partial charge in [-0.25, -0.2) is 8.78 Å². The van der Waals surface area contributed by atoms with Crippen LogP contribution in [-0.4, -0.2) is 34.1 Å². The summed E-state index contributed by atoms with van der Waals surface area (Å²) in [6, 6.07) is 11.8. The van der Waals surface area contributed by atoms with Crippen LogP contribution in [0.4, 0.5) is 8.78 Å². The number of aromatic nitrogens is 2. The second kappa shape index (κ2) is 7.26. The highest BCUT2D eigenvalue weighted by Crippen LogP contribution is 2.30. The van der Waals surface area contributed by atoms with Crippen molar-refractivity contribution < 1.29 is 18.0 Å². The summed E-state index contributed by atoms with van der Waals surface area (Å²) in [6.45, 7) is 1.08. The molecular weight excluding hydrogens is 352 g/mol. The van der Waals surface area contributed by atoms with Gasteiger partial charge in [0.25, 0.3) is 11.8 Å². The van der Waals surface area contributed by atoms with Crippen molar-refractivity contribution in [3.8, 4) is 11.5 Å². The number of hydrogen-bond acceptors (Lipinski definition) is 4. The van der Waals surface area contributed by atoms with Crippen molar-refractivity contribution in [3.63, 3.8) is 0 Å². The fourth-order valence-corrected chi connectivity index (χ4v) is 3.25. The molecule has 138 valence electrons. The van der Waals surface area contributed by atoms with Crippen molar-refractivity contribution in [1.29, 1.82) is 0 Å². The maximum Gasteiger partial charge on any atom is 0.253 e. The molecule has 0 atom stereocenters. The third-order valence-corrected chi connectivity index (χ3v) is 4.77. The molecule has 2 aromatic carbocycles. The molecule has 0 saturated carbocycles. The van der Waals surface area contributed by atoms with Crippen LogP contribution in [0.3, 0.4) is 0 Å². The first-order chi connectivity index (χ1) is 13.1. The summed E-state index contributed by atoms with van der Waals surface area (Å²) < 4.78 is 32.5. The summed E-state index contributed by atoms with van der Waals surface area (Å²) >= 11 is 0. The molecule has 0 spiro atoms. The summed E-state index contributed by atoms with van der Waals surface area (Å²) in [5.41, 5.74) is 0.745.